The van der Waals surface area contributed by atoms with E-state index < -0.39 is 0 Å². The topological polar surface area (TPSA) is 45.2 Å². The second kappa shape index (κ2) is 9.12. The molecule has 3 aromatic rings. The molecular weight excluding hydrogens is 334 g/mol. The van der Waals surface area contributed by atoms with Crippen molar-refractivity contribution in [1.29, 1.82) is 0 Å². The van der Waals surface area contributed by atoms with E-state index in [1.54, 1.807) is 0 Å². The molecule has 0 aliphatic heterocycles. The van der Waals surface area contributed by atoms with Crippen LogP contribution in [0.25, 0.3) is 11.4 Å². The summed E-state index contributed by atoms with van der Waals surface area (Å²) in [7, 11) is 2.09. The maximum atomic E-state index is 4.84. The lowest BCUT2D eigenvalue weighted by atomic mass is 10.2. The fourth-order valence-electron chi connectivity index (χ4n) is 3.00. The summed E-state index contributed by atoms with van der Waals surface area (Å²) in [5.74, 6) is 2.69. The molecule has 0 atom stereocenters. The monoisotopic (exact) mass is 361 g/mol. The molecule has 0 aliphatic rings. The first-order valence-corrected chi connectivity index (χ1v) is 9.50. The van der Waals surface area contributed by atoms with Crippen LogP contribution in [0.1, 0.15) is 19.4 Å². The molecule has 2 heterocycles. The van der Waals surface area contributed by atoms with Gasteiger partial charge in [-0.3, -0.25) is 4.98 Å². The Morgan fingerprint density at radius 2 is 1.52 bits per heavy atom. The van der Waals surface area contributed by atoms with Crippen molar-refractivity contribution in [1.82, 2.24) is 15.0 Å². The summed E-state index contributed by atoms with van der Waals surface area (Å²) in [5.41, 5.74) is 2.31. The molecule has 0 N–H and O–H groups in total. The quantitative estimate of drug-likeness (QED) is 0.605. The number of rotatable bonds is 8. The zero-order valence-corrected chi connectivity index (χ0v) is 16.3. The lowest BCUT2D eigenvalue weighted by molar-refractivity contribution is 0.827. The predicted molar refractivity (Wildman–Crippen MR) is 112 cm³/mol. The van der Waals surface area contributed by atoms with Crippen molar-refractivity contribution in [2.24, 2.45) is 0 Å². The molecule has 0 saturated heterocycles. The summed E-state index contributed by atoms with van der Waals surface area (Å²) in [5, 5.41) is 0. The molecule has 0 radical (unpaired) electrons. The third-order valence-electron chi connectivity index (χ3n) is 4.69. The average molecular weight is 361 g/mol. The number of aromatic nitrogens is 3. The van der Waals surface area contributed by atoms with Crippen LogP contribution >= 0.6 is 0 Å². The highest BCUT2D eigenvalue weighted by Crippen LogP contribution is 2.24. The van der Waals surface area contributed by atoms with Crippen molar-refractivity contribution in [3.63, 3.8) is 0 Å². The van der Waals surface area contributed by atoms with Crippen molar-refractivity contribution in [3.05, 3.63) is 66.5 Å². The number of likely N-dealkylation sites (N-methyl/N-ethyl adjacent to an activating group) is 1. The standard InChI is InChI=1S/C22H27N5/c1-4-27(5-2)21-17-20(24-22(25-21)19-9-7-6-8-10-19)26(3)16-13-18-11-14-23-15-12-18/h6-12,14-15,17H,4-5,13,16H2,1-3H3. The van der Waals surface area contributed by atoms with E-state index in [-0.39, 0.29) is 0 Å². The fourth-order valence-corrected chi connectivity index (χ4v) is 3.00. The zero-order valence-electron chi connectivity index (χ0n) is 16.3. The van der Waals surface area contributed by atoms with Gasteiger partial charge < -0.3 is 9.80 Å². The van der Waals surface area contributed by atoms with Crippen LogP contribution < -0.4 is 9.80 Å². The normalized spacial score (nSPS) is 10.6. The second-order valence-corrected chi connectivity index (χ2v) is 6.47. The van der Waals surface area contributed by atoms with E-state index in [2.05, 4.69) is 66.0 Å². The van der Waals surface area contributed by atoms with Crippen molar-refractivity contribution < 1.29 is 0 Å². The molecule has 0 aliphatic carbocycles. The SMILES string of the molecule is CCN(CC)c1cc(N(C)CCc2ccncc2)nc(-c2ccccc2)n1. The molecule has 5 heteroatoms. The molecule has 0 fully saturated rings. The van der Waals surface area contributed by atoms with E-state index in [0.717, 1.165) is 49.1 Å². The first-order chi connectivity index (χ1) is 13.2. The Kier molecular flexibility index (Phi) is 6.36. The minimum absolute atomic E-state index is 0.769. The van der Waals surface area contributed by atoms with Gasteiger partial charge in [-0.2, -0.15) is 0 Å². The number of nitrogens with zero attached hydrogens (tertiary/aromatic N) is 5. The zero-order chi connectivity index (χ0) is 19.1. The Bertz CT molecular complexity index is 832. The third-order valence-corrected chi connectivity index (χ3v) is 4.69. The Balaban J connectivity index is 1.89. The number of hydrogen-bond donors (Lipinski definition) is 0. The van der Waals surface area contributed by atoms with Gasteiger partial charge in [0.25, 0.3) is 0 Å². The van der Waals surface area contributed by atoms with E-state index in [1.165, 1.54) is 5.56 Å². The Morgan fingerprint density at radius 3 is 2.19 bits per heavy atom. The number of pyridine rings is 1. The van der Waals surface area contributed by atoms with Gasteiger partial charge >= 0.3 is 0 Å². The molecule has 0 spiro atoms. The van der Waals surface area contributed by atoms with Gasteiger partial charge in [0.1, 0.15) is 11.6 Å². The summed E-state index contributed by atoms with van der Waals surface area (Å²) < 4.78 is 0. The van der Waals surface area contributed by atoms with Crippen LogP contribution in [0.2, 0.25) is 0 Å². The molecule has 2 aromatic heterocycles. The van der Waals surface area contributed by atoms with Crippen LogP contribution in [-0.2, 0) is 6.42 Å². The minimum Gasteiger partial charge on any atom is -0.359 e. The van der Waals surface area contributed by atoms with E-state index in [4.69, 9.17) is 9.97 Å². The summed E-state index contributed by atoms with van der Waals surface area (Å²) in [6, 6.07) is 16.4. The van der Waals surface area contributed by atoms with Crippen LogP contribution in [0.15, 0.2) is 60.9 Å². The molecule has 3 rings (SSSR count). The van der Waals surface area contributed by atoms with Gasteiger partial charge in [-0.05, 0) is 38.0 Å². The highest BCUT2D eigenvalue weighted by Gasteiger charge is 2.13. The molecule has 0 bridgehead atoms. The molecule has 1 aromatic carbocycles. The van der Waals surface area contributed by atoms with Gasteiger partial charge in [0.2, 0.25) is 0 Å². The first-order valence-electron chi connectivity index (χ1n) is 9.50. The highest BCUT2D eigenvalue weighted by atomic mass is 15.2. The molecule has 140 valence electrons. The number of anilines is 2. The van der Waals surface area contributed by atoms with Gasteiger partial charge in [0.05, 0.1) is 0 Å². The van der Waals surface area contributed by atoms with Gasteiger partial charge in [-0.15, -0.1) is 0 Å². The predicted octanol–water partition coefficient (Wildman–Crippen LogP) is 4.06. The molecule has 0 amide bonds. The van der Waals surface area contributed by atoms with Crippen molar-refractivity contribution in [2.45, 2.75) is 20.3 Å². The maximum absolute atomic E-state index is 4.84. The Morgan fingerprint density at radius 1 is 0.852 bits per heavy atom. The Labute approximate surface area is 161 Å². The van der Waals surface area contributed by atoms with Gasteiger partial charge in [-0.1, -0.05) is 30.3 Å². The van der Waals surface area contributed by atoms with Crippen molar-refractivity contribution in [2.75, 3.05) is 36.5 Å². The number of benzene rings is 1. The number of hydrogen-bond acceptors (Lipinski definition) is 5. The highest BCUT2D eigenvalue weighted by molar-refractivity contribution is 5.62. The largest absolute Gasteiger partial charge is 0.359 e. The summed E-state index contributed by atoms with van der Waals surface area (Å²) in [4.78, 5) is 18.2. The van der Waals surface area contributed by atoms with Crippen LogP contribution in [0.3, 0.4) is 0 Å². The molecule has 0 unspecified atom stereocenters. The van der Waals surface area contributed by atoms with Crippen LogP contribution in [-0.4, -0.2) is 41.6 Å². The van der Waals surface area contributed by atoms with Gasteiger partial charge in [0.15, 0.2) is 5.82 Å². The fraction of sp³-hybridized carbons (Fsp3) is 0.318. The first kappa shape index (κ1) is 18.8. The van der Waals surface area contributed by atoms with E-state index in [1.807, 2.05) is 30.6 Å². The van der Waals surface area contributed by atoms with E-state index in [9.17, 15) is 0 Å². The molecule has 0 saturated carbocycles. The second-order valence-electron chi connectivity index (χ2n) is 6.47. The summed E-state index contributed by atoms with van der Waals surface area (Å²) in [6.45, 7) is 7.03. The van der Waals surface area contributed by atoms with Gasteiger partial charge in [-0.25, -0.2) is 9.97 Å². The molecular formula is C22H27N5. The lowest BCUT2D eigenvalue weighted by Gasteiger charge is -2.24. The maximum Gasteiger partial charge on any atom is 0.163 e. The van der Waals surface area contributed by atoms with Crippen LogP contribution in [0, 0.1) is 0 Å². The van der Waals surface area contributed by atoms with Crippen molar-refractivity contribution in [3.8, 4) is 11.4 Å². The lowest BCUT2D eigenvalue weighted by Crippen LogP contribution is -2.26. The van der Waals surface area contributed by atoms with Crippen LogP contribution in [0.4, 0.5) is 11.6 Å². The molecule has 27 heavy (non-hydrogen) atoms. The van der Waals surface area contributed by atoms with E-state index in [0.29, 0.717) is 0 Å². The Hall–Kier alpha value is -2.95. The van der Waals surface area contributed by atoms with E-state index >= 15 is 0 Å². The summed E-state index contributed by atoms with van der Waals surface area (Å²) in [6.07, 6.45) is 4.63. The minimum atomic E-state index is 0.769. The van der Waals surface area contributed by atoms with Crippen molar-refractivity contribution >= 4 is 11.6 Å². The van der Waals surface area contributed by atoms with Crippen LogP contribution in [0.5, 0.6) is 0 Å². The average Bonchev–Trinajstić information content (AvgIpc) is 2.74. The van der Waals surface area contributed by atoms with Gasteiger partial charge in [0, 0.05) is 50.7 Å². The smallest absolute Gasteiger partial charge is 0.163 e. The molecule has 5 nitrogen and oxygen atoms in total. The third kappa shape index (κ3) is 4.82. The summed E-state index contributed by atoms with van der Waals surface area (Å²) >= 11 is 0.